The van der Waals surface area contributed by atoms with Crippen molar-refractivity contribution in [2.75, 3.05) is 27.8 Å². The molecule has 1 atom stereocenters. The van der Waals surface area contributed by atoms with Crippen LogP contribution in [0.5, 0.6) is 11.5 Å². The molecule has 20 heavy (non-hydrogen) atoms. The fourth-order valence-electron chi connectivity index (χ4n) is 3.14. The highest BCUT2D eigenvalue weighted by atomic mass is 16.5. The number of hydrogen-bond acceptors (Lipinski definition) is 4. The van der Waals surface area contributed by atoms with Crippen molar-refractivity contribution in [2.24, 2.45) is 0 Å². The largest absolute Gasteiger partial charge is 0.496 e. The van der Waals surface area contributed by atoms with Gasteiger partial charge >= 0.3 is 0 Å². The number of rotatable bonds is 5. The van der Waals surface area contributed by atoms with Crippen LogP contribution in [0.4, 0.5) is 0 Å². The first kappa shape index (κ1) is 15.1. The van der Waals surface area contributed by atoms with Crippen LogP contribution in [0.25, 0.3) is 0 Å². The smallest absolute Gasteiger partial charge is 0.127 e. The molecule has 0 spiro atoms. The Kier molecular flexibility index (Phi) is 4.89. The maximum Gasteiger partial charge on any atom is 0.127 e. The van der Waals surface area contributed by atoms with Gasteiger partial charge in [-0.3, -0.25) is 4.90 Å². The molecule has 1 unspecified atom stereocenters. The summed E-state index contributed by atoms with van der Waals surface area (Å²) in [6, 6.07) is 2.65. The van der Waals surface area contributed by atoms with Gasteiger partial charge in [0.15, 0.2) is 0 Å². The molecule has 1 aromatic rings. The first-order valence-electron chi connectivity index (χ1n) is 7.30. The molecule has 1 aliphatic heterocycles. The molecule has 0 aliphatic carbocycles. The summed E-state index contributed by atoms with van der Waals surface area (Å²) in [6.07, 6.45) is 1.01. The van der Waals surface area contributed by atoms with Gasteiger partial charge in [-0.25, -0.2) is 0 Å². The molecule has 0 saturated carbocycles. The fraction of sp³-hybridized carbons (Fsp3) is 0.625. The summed E-state index contributed by atoms with van der Waals surface area (Å²) >= 11 is 0. The SMILES string of the molecule is CCN1Cc2c(OC)cc(CNC)c(OC)c2CC1C. The van der Waals surface area contributed by atoms with E-state index >= 15 is 0 Å². The molecule has 4 nitrogen and oxygen atoms in total. The number of nitrogens with zero attached hydrogens (tertiary/aromatic N) is 1. The molecular formula is C16H26N2O2. The van der Waals surface area contributed by atoms with Crippen molar-refractivity contribution >= 4 is 0 Å². The van der Waals surface area contributed by atoms with Crippen molar-refractivity contribution in [1.29, 1.82) is 0 Å². The summed E-state index contributed by atoms with van der Waals surface area (Å²) in [4.78, 5) is 2.47. The van der Waals surface area contributed by atoms with Gasteiger partial charge in [0, 0.05) is 35.8 Å². The third kappa shape index (κ3) is 2.63. The molecule has 0 bridgehead atoms. The Morgan fingerprint density at radius 3 is 2.60 bits per heavy atom. The predicted molar refractivity (Wildman–Crippen MR) is 81.6 cm³/mol. The van der Waals surface area contributed by atoms with E-state index < -0.39 is 0 Å². The Morgan fingerprint density at radius 2 is 2.05 bits per heavy atom. The first-order valence-corrected chi connectivity index (χ1v) is 7.30. The summed E-state index contributed by atoms with van der Waals surface area (Å²) in [5.41, 5.74) is 3.77. The number of likely N-dealkylation sites (N-methyl/N-ethyl adjacent to an activating group) is 1. The third-order valence-corrected chi connectivity index (χ3v) is 4.21. The zero-order chi connectivity index (χ0) is 14.7. The van der Waals surface area contributed by atoms with Crippen molar-refractivity contribution in [3.05, 3.63) is 22.8 Å². The molecule has 1 N–H and O–H groups in total. The van der Waals surface area contributed by atoms with Crippen LogP contribution in [0, 0.1) is 0 Å². The molecule has 1 aliphatic rings. The van der Waals surface area contributed by atoms with Crippen molar-refractivity contribution < 1.29 is 9.47 Å². The van der Waals surface area contributed by atoms with Crippen LogP contribution >= 0.6 is 0 Å². The molecule has 1 heterocycles. The quantitative estimate of drug-likeness (QED) is 0.895. The van der Waals surface area contributed by atoms with E-state index in [1.807, 2.05) is 7.05 Å². The lowest BCUT2D eigenvalue weighted by Crippen LogP contribution is -2.38. The highest BCUT2D eigenvalue weighted by Gasteiger charge is 2.28. The van der Waals surface area contributed by atoms with E-state index in [2.05, 4.69) is 30.1 Å². The molecular weight excluding hydrogens is 252 g/mol. The summed E-state index contributed by atoms with van der Waals surface area (Å²) < 4.78 is 11.3. The van der Waals surface area contributed by atoms with E-state index in [4.69, 9.17) is 9.47 Å². The Balaban J connectivity index is 2.54. The number of benzene rings is 1. The monoisotopic (exact) mass is 278 g/mol. The van der Waals surface area contributed by atoms with E-state index in [9.17, 15) is 0 Å². The average Bonchev–Trinajstić information content (AvgIpc) is 2.46. The highest BCUT2D eigenvalue weighted by Crippen LogP contribution is 2.39. The van der Waals surface area contributed by atoms with Gasteiger partial charge in [0.1, 0.15) is 11.5 Å². The number of nitrogens with one attached hydrogen (secondary N) is 1. The summed E-state index contributed by atoms with van der Waals surface area (Å²) in [5, 5.41) is 3.20. The van der Waals surface area contributed by atoms with Crippen LogP contribution < -0.4 is 14.8 Å². The molecule has 0 saturated heterocycles. The van der Waals surface area contributed by atoms with E-state index in [0.717, 1.165) is 37.6 Å². The van der Waals surface area contributed by atoms with Gasteiger partial charge in [-0.1, -0.05) is 6.92 Å². The topological polar surface area (TPSA) is 33.7 Å². The Bertz CT molecular complexity index is 474. The molecule has 0 fully saturated rings. The highest BCUT2D eigenvalue weighted by molar-refractivity contribution is 5.55. The predicted octanol–water partition coefficient (Wildman–Crippen LogP) is 2.19. The standard InChI is InChI=1S/C16H26N2O2/c1-6-18-10-14-13(7-11(18)2)16(20-5)12(9-17-3)8-15(14)19-4/h8,11,17H,6-7,9-10H2,1-5H3. The van der Waals surface area contributed by atoms with Gasteiger partial charge in [-0.05, 0) is 33.0 Å². The van der Waals surface area contributed by atoms with Gasteiger partial charge in [0.25, 0.3) is 0 Å². The minimum Gasteiger partial charge on any atom is -0.496 e. The van der Waals surface area contributed by atoms with Crippen molar-refractivity contribution in [3.8, 4) is 11.5 Å². The summed E-state index contributed by atoms with van der Waals surface area (Å²) in [7, 11) is 5.46. The second kappa shape index (κ2) is 6.46. The average molecular weight is 278 g/mol. The van der Waals surface area contributed by atoms with Gasteiger partial charge in [-0.2, -0.15) is 0 Å². The van der Waals surface area contributed by atoms with Gasteiger partial charge < -0.3 is 14.8 Å². The van der Waals surface area contributed by atoms with Crippen LogP contribution in [0.3, 0.4) is 0 Å². The van der Waals surface area contributed by atoms with Crippen LogP contribution in [0.2, 0.25) is 0 Å². The van der Waals surface area contributed by atoms with Crippen molar-refractivity contribution in [3.63, 3.8) is 0 Å². The van der Waals surface area contributed by atoms with Gasteiger partial charge in [0.05, 0.1) is 14.2 Å². The lowest BCUT2D eigenvalue weighted by atomic mass is 9.90. The number of hydrogen-bond donors (Lipinski definition) is 1. The second-order valence-electron chi connectivity index (χ2n) is 5.37. The second-order valence-corrected chi connectivity index (χ2v) is 5.37. The normalized spacial score (nSPS) is 18.8. The molecule has 2 rings (SSSR count). The maximum absolute atomic E-state index is 5.70. The first-order chi connectivity index (χ1) is 9.65. The molecule has 112 valence electrons. The van der Waals surface area contributed by atoms with Crippen molar-refractivity contribution in [1.82, 2.24) is 10.2 Å². The lowest BCUT2D eigenvalue weighted by Gasteiger charge is -2.36. The minimum absolute atomic E-state index is 0.538. The van der Waals surface area contributed by atoms with Gasteiger partial charge in [0.2, 0.25) is 0 Å². The van der Waals surface area contributed by atoms with Crippen LogP contribution in [-0.2, 0) is 19.5 Å². The number of fused-ring (bicyclic) bond motifs is 1. The third-order valence-electron chi connectivity index (χ3n) is 4.21. The van der Waals surface area contributed by atoms with Crippen LogP contribution in [0.15, 0.2) is 6.07 Å². The molecule has 0 aromatic heterocycles. The zero-order valence-corrected chi connectivity index (χ0v) is 13.2. The van der Waals surface area contributed by atoms with E-state index in [-0.39, 0.29) is 0 Å². The number of methoxy groups -OCH3 is 2. The minimum atomic E-state index is 0.538. The van der Waals surface area contributed by atoms with E-state index in [1.165, 1.54) is 16.7 Å². The van der Waals surface area contributed by atoms with E-state index in [0.29, 0.717) is 6.04 Å². The van der Waals surface area contributed by atoms with Crippen LogP contribution in [0.1, 0.15) is 30.5 Å². The summed E-state index contributed by atoms with van der Waals surface area (Å²) in [5.74, 6) is 2.01. The zero-order valence-electron chi connectivity index (χ0n) is 13.2. The van der Waals surface area contributed by atoms with E-state index in [1.54, 1.807) is 14.2 Å². The van der Waals surface area contributed by atoms with Crippen LogP contribution in [-0.4, -0.2) is 38.8 Å². The number of ether oxygens (including phenoxy) is 2. The molecule has 1 aromatic carbocycles. The molecule has 4 heteroatoms. The Morgan fingerprint density at radius 1 is 1.30 bits per heavy atom. The Labute approximate surface area is 122 Å². The molecule has 0 amide bonds. The fourth-order valence-corrected chi connectivity index (χ4v) is 3.14. The molecule has 0 radical (unpaired) electrons. The van der Waals surface area contributed by atoms with Gasteiger partial charge in [-0.15, -0.1) is 0 Å². The Hall–Kier alpha value is -1.26. The summed E-state index contributed by atoms with van der Waals surface area (Å²) in [6.45, 7) is 7.28. The van der Waals surface area contributed by atoms with Crippen molar-refractivity contribution in [2.45, 2.75) is 39.4 Å². The maximum atomic E-state index is 5.70. The lowest BCUT2D eigenvalue weighted by molar-refractivity contribution is 0.189.